The van der Waals surface area contributed by atoms with Crippen LogP contribution in [0.4, 0.5) is 0 Å². The van der Waals surface area contributed by atoms with Gasteiger partial charge in [0.25, 0.3) is 5.91 Å². The summed E-state index contributed by atoms with van der Waals surface area (Å²) in [6, 6.07) is 15.4. The Kier molecular flexibility index (Phi) is 4.25. The van der Waals surface area contributed by atoms with Gasteiger partial charge in [-0.2, -0.15) is 5.10 Å². The van der Waals surface area contributed by atoms with Gasteiger partial charge in [0.1, 0.15) is 5.69 Å². The lowest BCUT2D eigenvalue weighted by molar-refractivity contribution is 0.0949. The number of rotatable bonds is 5. The molecule has 2 heterocycles. The Morgan fingerprint density at radius 3 is 2.77 bits per heavy atom. The molecule has 5 heteroatoms. The molecule has 0 aliphatic rings. The van der Waals surface area contributed by atoms with Crippen molar-refractivity contribution in [2.24, 2.45) is 0 Å². The Labute approximate surface area is 128 Å². The standard InChI is InChI=1S/C17H16N4O/c22-17(19-10-8-13-5-4-9-18-12-13)16-11-15(20-21-16)14-6-2-1-3-7-14/h1-7,9,11-12H,8,10H2,(H,19,22)(H,20,21). The van der Waals surface area contributed by atoms with Crippen LogP contribution in [0.25, 0.3) is 11.3 Å². The van der Waals surface area contributed by atoms with Gasteiger partial charge in [-0.25, -0.2) is 0 Å². The van der Waals surface area contributed by atoms with E-state index in [1.807, 2.05) is 42.5 Å². The van der Waals surface area contributed by atoms with E-state index >= 15 is 0 Å². The van der Waals surface area contributed by atoms with E-state index in [1.54, 1.807) is 18.5 Å². The maximum absolute atomic E-state index is 12.1. The van der Waals surface area contributed by atoms with Crippen molar-refractivity contribution < 1.29 is 4.79 Å². The molecule has 1 aromatic carbocycles. The summed E-state index contributed by atoms with van der Waals surface area (Å²) in [5.41, 5.74) is 3.30. The summed E-state index contributed by atoms with van der Waals surface area (Å²) in [5.74, 6) is -0.154. The van der Waals surface area contributed by atoms with E-state index in [0.717, 1.165) is 23.2 Å². The zero-order valence-corrected chi connectivity index (χ0v) is 12.0. The quantitative estimate of drug-likeness (QED) is 0.759. The zero-order valence-electron chi connectivity index (χ0n) is 12.0. The molecule has 0 bridgehead atoms. The number of carbonyl (C=O) groups is 1. The maximum Gasteiger partial charge on any atom is 0.269 e. The number of nitrogens with zero attached hydrogens (tertiary/aromatic N) is 2. The van der Waals surface area contributed by atoms with Gasteiger partial charge in [-0.15, -0.1) is 0 Å². The molecular formula is C17H16N4O. The fourth-order valence-corrected chi connectivity index (χ4v) is 2.16. The first-order chi connectivity index (χ1) is 10.8. The second-order valence-electron chi connectivity index (χ2n) is 4.90. The molecule has 2 aromatic heterocycles. The Morgan fingerprint density at radius 2 is 2.00 bits per heavy atom. The summed E-state index contributed by atoms with van der Waals surface area (Å²) in [4.78, 5) is 16.1. The smallest absolute Gasteiger partial charge is 0.269 e. The molecule has 5 nitrogen and oxygen atoms in total. The molecular weight excluding hydrogens is 276 g/mol. The highest BCUT2D eigenvalue weighted by Crippen LogP contribution is 2.16. The van der Waals surface area contributed by atoms with Crippen LogP contribution in [0.1, 0.15) is 16.1 Å². The zero-order chi connectivity index (χ0) is 15.2. The number of carbonyl (C=O) groups excluding carboxylic acids is 1. The summed E-state index contributed by atoms with van der Waals surface area (Å²) in [6.07, 6.45) is 4.28. The number of H-pyrrole nitrogens is 1. The summed E-state index contributed by atoms with van der Waals surface area (Å²) in [5, 5.41) is 9.83. The van der Waals surface area contributed by atoms with Crippen molar-refractivity contribution in [3.63, 3.8) is 0 Å². The number of pyridine rings is 1. The van der Waals surface area contributed by atoms with E-state index in [-0.39, 0.29) is 5.91 Å². The van der Waals surface area contributed by atoms with Crippen LogP contribution in [0.2, 0.25) is 0 Å². The number of benzene rings is 1. The van der Waals surface area contributed by atoms with Gasteiger partial charge < -0.3 is 5.32 Å². The molecule has 0 unspecified atom stereocenters. The lowest BCUT2D eigenvalue weighted by atomic mass is 10.1. The number of aromatic amines is 1. The number of aromatic nitrogens is 3. The summed E-state index contributed by atoms with van der Waals surface area (Å²) in [6.45, 7) is 0.560. The van der Waals surface area contributed by atoms with Crippen molar-refractivity contribution in [2.75, 3.05) is 6.54 Å². The molecule has 3 rings (SSSR count). The van der Waals surface area contributed by atoms with Gasteiger partial charge in [0, 0.05) is 24.5 Å². The van der Waals surface area contributed by atoms with Crippen molar-refractivity contribution in [3.05, 3.63) is 72.2 Å². The van der Waals surface area contributed by atoms with Crippen LogP contribution in [0.3, 0.4) is 0 Å². The molecule has 0 spiro atoms. The topological polar surface area (TPSA) is 70.7 Å². The molecule has 0 aliphatic heterocycles. The molecule has 0 saturated heterocycles. The van der Waals surface area contributed by atoms with E-state index in [2.05, 4.69) is 20.5 Å². The van der Waals surface area contributed by atoms with Crippen molar-refractivity contribution in [3.8, 4) is 11.3 Å². The molecule has 0 aliphatic carbocycles. The molecule has 2 N–H and O–H groups in total. The third kappa shape index (κ3) is 3.38. The van der Waals surface area contributed by atoms with E-state index in [4.69, 9.17) is 0 Å². The highest BCUT2D eigenvalue weighted by Gasteiger charge is 2.10. The van der Waals surface area contributed by atoms with Gasteiger partial charge in [0.15, 0.2) is 0 Å². The van der Waals surface area contributed by atoms with Crippen LogP contribution in [0.5, 0.6) is 0 Å². The van der Waals surface area contributed by atoms with Gasteiger partial charge in [-0.3, -0.25) is 14.9 Å². The summed E-state index contributed by atoms with van der Waals surface area (Å²) >= 11 is 0. The van der Waals surface area contributed by atoms with Crippen molar-refractivity contribution in [1.29, 1.82) is 0 Å². The van der Waals surface area contributed by atoms with Crippen molar-refractivity contribution in [2.45, 2.75) is 6.42 Å². The molecule has 3 aromatic rings. The Balaban J connectivity index is 1.58. The largest absolute Gasteiger partial charge is 0.350 e. The van der Waals surface area contributed by atoms with Gasteiger partial charge in [0.2, 0.25) is 0 Å². The predicted molar refractivity (Wildman–Crippen MR) is 84.3 cm³/mol. The predicted octanol–water partition coefficient (Wildman–Crippen LogP) is 2.44. The fraction of sp³-hybridized carbons (Fsp3) is 0.118. The molecule has 0 atom stereocenters. The van der Waals surface area contributed by atoms with Crippen LogP contribution in [0, 0.1) is 0 Å². The number of hydrogen-bond acceptors (Lipinski definition) is 3. The van der Waals surface area contributed by atoms with Crippen molar-refractivity contribution in [1.82, 2.24) is 20.5 Å². The fourth-order valence-electron chi connectivity index (χ4n) is 2.16. The molecule has 0 radical (unpaired) electrons. The van der Waals surface area contributed by atoms with Crippen LogP contribution in [-0.4, -0.2) is 27.6 Å². The number of hydrogen-bond donors (Lipinski definition) is 2. The van der Waals surface area contributed by atoms with Crippen LogP contribution < -0.4 is 5.32 Å². The average Bonchev–Trinajstić information content (AvgIpc) is 3.07. The second-order valence-corrected chi connectivity index (χ2v) is 4.90. The first-order valence-corrected chi connectivity index (χ1v) is 7.11. The third-order valence-corrected chi connectivity index (χ3v) is 3.31. The maximum atomic E-state index is 12.1. The highest BCUT2D eigenvalue weighted by molar-refractivity contribution is 5.93. The average molecular weight is 292 g/mol. The molecule has 1 amide bonds. The Morgan fingerprint density at radius 1 is 1.14 bits per heavy atom. The Hall–Kier alpha value is -2.95. The third-order valence-electron chi connectivity index (χ3n) is 3.31. The molecule has 0 saturated carbocycles. The molecule has 110 valence electrons. The number of nitrogens with one attached hydrogen (secondary N) is 2. The minimum atomic E-state index is -0.154. The normalized spacial score (nSPS) is 10.4. The highest BCUT2D eigenvalue weighted by atomic mass is 16.1. The minimum Gasteiger partial charge on any atom is -0.350 e. The monoisotopic (exact) mass is 292 g/mol. The van der Waals surface area contributed by atoms with Crippen LogP contribution in [-0.2, 0) is 6.42 Å². The number of amides is 1. The SMILES string of the molecule is O=C(NCCc1cccnc1)c1cc(-c2ccccc2)n[nH]1. The molecule has 0 fully saturated rings. The molecule has 22 heavy (non-hydrogen) atoms. The van der Waals surface area contributed by atoms with Gasteiger partial charge in [-0.1, -0.05) is 36.4 Å². The van der Waals surface area contributed by atoms with Crippen LogP contribution >= 0.6 is 0 Å². The summed E-state index contributed by atoms with van der Waals surface area (Å²) < 4.78 is 0. The van der Waals surface area contributed by atoms with E-state index in [1.165, 1.54) is 0 Å². The van der Waals surface area contributed by atoms with Crippen LogP contribution in [0.15, 0.2) is 60.9 Å². The van der Waals surface area contributed by atoms with E-state index in [9.17, 15) is 4.79 Å². The van der Waals surface area contributed by atoms with Gasteiger partial charge in [-0.05, 0) is 24.1 Å². The minimum absolute atomic E-state index is 0.154. The van der Waals surface area contributed by atoms with E-state index < -0.39 is 0 Å². The van der Waals surface area contributed by atoms with Gasteiger partial charge >= 0.3 is 0 Å². The van der Waals surface area contributed by atoms with Gasteiger partial charge in [0.05, 0.1) is 5.69 Å². The summed E-state index contributed by atoms with van der Waals surface area (Å²) in [7, 11) is 0. The lowest BCUT2D eigenvalue weighted by Crippen LogP contribution is -2.26. The second kappa shape index (κ2) is 6.67. The van der Waals surface area contributed by atoms with Crippen molar-refractivity contribution >= 4 is 5.91 Å². The Bertz CT molecular complexity index is 738. The van der Waals surface area contributed by atoms with E-state index in [0.29, 0.717) is 12.2 Å². The lowest BCUT2D eigenvalue weighted by Gasteiger charge is -2.03. The first-order valence-electron chi connectivity index (χ1n) is 7.11. The first kappa shape index (κ1) is 14.0.